The van der Waals surface area contributed by atoms with Crippen molar-refractivity contribution in [2.24, 2.45) is 0 Å². The summed E-state index contributed by atoms with van der Waals surface area (Å²) in [6, 6.07) is 11.9. The van der Waals surface area contributed by atoms with Crippen molar-refractivity contribution in [3.63, 3.8) is 0 Å². The topological polar surface area (TPSA) is 123 Å². The number of benzene rings is 2. The molecular formula is C18H17N5O4S. The van der Waals surface area contributed by atoms with Crippen LogP contribution < -0.4 is 10.1 Å². The lowest BCUT2D eigenvalue weighted by Crippen LogP contribution is -2.14. The van der Waals surface area contributed by atoms with Gasteiger partial charge in [0, 0.05) is 22.9 Å². The van der Waals surface area contributed by atoms with Crippen molar-refractivity contribution in [1.82, 2.24) is 15.2 Å². The summed E-state index contributed by atoms with van der Waals surface area (Å²) >= 11 is 1.16. The summed E-state index contributed by atoms with van der Waals surface area (Å²) in [5, 5.41) is 21.0. The number of H-pyrrole nitrogens is 1. The van der Waals surface area contributed by atoms with Crippen molar-refractivity contribution >= 4 is 29.0 Å². The number of aromatic nitrogens is 3. The molecule has 9 nitrogen and oxygen atoms in total. The minimum Gasteiger partial charge on any atom is -0.497 e. The van der Waals surface area contributed by atoms with Crippen LogP contribution in [0.2, 0.25) is 0 Å². The van der Waals surface area contributed by atoms with Crippen LogP contribution in [0.5, 0.6) is 5.75 Å². The molecule has 0 fully saturated rings. The van der Waals surface area contributed by atoms with Crippen LogP contribution in [-0.2, 0) is 4.79 Å². The van der Waals surface area contributed by atoms with Gasteiger partial charge in [-0.2, -0.15) is 0 Å². The van der Waals surface area contributed by atoms with Crippen LogP contribution in [0.1, 0.15) is 5.56 Å². The molecule has 28 heavy (non-hydrogen) atoms. The maximum atomic E-state index is 12.1. The minimum atomic E-state index is -0.478. The quantitative estimate of drug-likeness (QED) is 0.354. The molecule has 1 heterocycles. The number of amides is 1. The summed E-state index contributed by atoms with van der Waals surface area (Å²) in [7, 11) is 1.60. The summed E-state index contributed by atoms with van der Waals surface area (Å²) < 4.78 is 5.12. The predicted molar refractivity (Wildman–Crippen MR) is 106 cm³/mol. The third-order valence-corrected chi connectivity index (χ3v) is 4.70. The zero-order valence-corrected chi connectivity index (χ0v) is 15.9. The number of thioether (sulfide) groups is 1. The van der Waals surface area contributed by atoms with Gasteiger partial charge in [-0.15, -0.1) is 5.10 Å². The molecule has 0 radical (unpaired) electrons. The van der Waals surface area contributed by atoms with Crippen molar-refractivity contribution in [2.75, 3.05) is 18.2 Å². The molecule has 3 aromatic rings. The van der Waals surface area contributed by atoms with E-state index in [9.17, 15) is 14.9 Å². The van der Waals surface area contributed by atoms with Crippen molar-refractivity contribution in [3.05, 3.63) is 58.1 Å². The molecule has 0 aliphatic heterocycles. The monoisotopic (exact) mass is 399 g/mol. The molecule has 0 unspecified atom stereocenters. The SMILES string of the molecule is COc1ccc(-c2nc(SCC(=O)Nc3ccc(C)c([N+](=O)[O-])c3)n[nH]2)cc1. The number of aromatic amines is 1. The summed E-state index contributed by atoms with van der Waals surface area (Å²) in [6.07, 6.45) is 0. The van der Waals surface area contributed by atoms with E-state index in [0.717, 1.165) is 23.1 Å². The van der Waals surface area contributed by atoms with E-state index in [4.69, 9.17) is 4.74 Å². The zero-order chi connectivity index (χ0) is 20.1. The Morgan fingerprint density at radius 3 is 2.71 bits per heavy atom. The zero-order valence-electron chi connectivity index (χ0n) is 15.1. The Morgan fingerprint density at radius 2 is 2.04 bits per heavy atom. The van der Waals surface area contributed by atoms with E-state index in [1.807, 2.05) is 24.3 Å². The second kappa shape index (κ2) is 8.53. The molecule has 0 spiro atoms. The standard InChI is InChI=1S/C18H17N5O4S/c1-11-3-6-13(9-15(11)23(25)26)19-16(24)10-28-18-20-17(21-22-18)12-4-7-14(27-2)8-5-12/h3-9H,10H2,1-2H3,(H,19,24)(H,20,21,22). The van der Waals surface area contributed by atoms with Crippen molar-refractivity contribution in [3.8, 4) is 17.1 Å². The number of aryl methyl sites for hydroxylation is 1. The van der Waals surface area contributed by atoms with Crippen LogP contribution in [0, 0.1) is 17.0 Å². The number of carbonyl (C=O) groups is 1. The maximum Gasteiger partial charge on any atom is 0.274 e. The number of hydrogen-bond acceptors (Lipinski definition) is 7. The number of anilines is 1. The third-order valence-electron chi connectivity index (χ3n) is 3.85. The Hall–Kier alpha value is -3.40. The Morgan fingerprint density at radius 1 is 1.29 bits per heavy atom. The molecule has 0 atom stereocenters. The van der Waals surface area contributed by atoms with Crippen molar-refractivity contribution in [2.45, 2.75) is 12.1 Å². The van der Waals surface area contributed by atoms with Crippen molar-refractivity contribution < 1.29 is 14.5 Å². The van der Waals surface area contributed by atoms with Crippen molar-refractivity contribution in [1.29, 1.82) is 0 Å². The normalized spacial score (nSPS) is 10.5. The summed E-state index contributed by atoms with van der Waals surface area (Å²) in [6.45, 7) is 1.64. The number of nitro groups is 1. The largest absolute Gasteiger partial charge is 0.497 e. The molecule has 1 aromatic heterocycles. The number of nitro benzene ring substituents is 1. The lowest BCUT2D eigenvalue weighted by molar-refractivity contribution is -0.385. The molecule has 2 aromatic carbocycles. The van der Waals surface area contributed by atoms with Gasteiger partial charge in [-0.3, -0.25) is 20.0 Å². The van der Waals surface area contributed by atoms with Gasteiger partial charge in [-0.25, -0.2) is 4.98 Å². The van der Waals surface area contributed by atoms with E-state index in [1.165, 1.54) is 6.07 Å². The van der Waals surface area contributed by atoms with Gasteiger partial charge in [0.15, 0.2) is 5.82 Å². The van der Waals surface area contributed by atoms with Crippen LogP contribution in [0.15, 0.2) is 47.6 Å². The Kier molecular flexibility index (Phi) is 5.90. The number of methoxy groups -OCH3 is 1. The highest BCUT2D eigenvalue weighted by atomic mass is 32.2. The lowest BCUT2D eigenvalue weighted by atomic mass is 10.2. The summed E-state index contributed by atoms with van der Waals surface area (Å²) in [5.41, 5.74) is 1.71. The first kappa shape index (κ1) is 19.4. The van der Waals surface area contributed by atoms with E-state index in [1.54, 1.807) is 26.2 Å². The fraction of sp³-hybridized carbons (Fsp3) is 0.167. The highest BCUT2D eigenvalue weighted by Gasteiger charge is 2.13. The van der Waals surface area contributed by atoms with E-state index < -0.39 is 4.92 Å². The van der Waals surface area contributed by atoms with Gasteiger partial charge in [0.05, 0.1) is 17.8 Å². The Balaban J connectivity index is 1.58. The maximum absolute atomic E-state index is 12.1. The number of carbonyl (C=O) groups excluding carboxylic acids is 1. The first-order chi connectivity index (χ1) is 13.5. The first-order valence-corrected chi connectivity index (χ1v) is 9.19. The molecule has 0 bridgehead atoms. The molecule has 0 aliphatic carbocycles. The third kappa shape index (κ3) is 4.65. The highest BCUT2D eigenvalue weighted by Crippen LogP contribution is 2.24. The summed E-state index contributed by atoms with van der Waals surface area (Å²) in [5.74, 6) is 1.09. The van der Waals surface area contributed by atoms with Crippen LogP contribution in [-0.4, -0.2) is 38.9 Å². The fourth-order valence-corrected chi connectivity index (χ4v) is 3.00. The van der Waals surface area contributed by atoms with Gasteiger partial charge < -0.3 is 10.1 Å². The van der Waals surface area contributed by atoms with Gasteiger partial charge in [0.1, 0.15) is 5.75 Å². The van der Waals surface area contributed by atoms with Crippen LogP contribution in [0.4, 0.5) is 11.4 Å². The van der Waals surface area contributed by atoms with Gasteiger partial charge in [-0.1, -0.05) is 17.8 Å². The molecule has 2 N–H and O–H groups in total. The smallest absolute Gasteiger partial charge is 0.274 e. The number of hydrogen-bond donors (Lipinski definition) is 2. The van der Waals surface area contributed by atoms with Crippen LogP contribution in [0.25, 0.3) is 11.4 Å². The number of nitrogens with zero attached hydrogens (tertiary/aromatic N) is 3. The minimum absolute atomic E-state index is 0.0384. The van der Waals surface area contributed by atoms with E-state index in [0.29, 0.717) is 22.2 Å². The molecule has 0 aliphatic rings. The molecular weight excluding hydrogens is 382 g/mol. The summed E-state index contributed by atoms with van der Waals surface area (Å²) in [4.78, 5) is 27.0. The molecule has 0 saturated carbocycles. The van der Waals surface area contributed by atoms with Crippen LogP contribution >= 0.6 is 11.8 Å². The highest BCUT2D eigenvalue weighted by molar-refractivity contribution is 7.99. The second-order valence-corrected chi connectivity index (χ2v) is 6.73. The molecule has 10 heteroatoms. The predicted octanol–water partition coefficient (Wildman–Crippen LogP) is 3.43. The first-order valence-electron chi connectivity index (χ1n) is 8.21. The average molecular weight is 399 g/mol. The molecule has 1 amide bonds. The molecule has 0 saturated heterocycles. The second-order valence-electron chi connectivity index (χ2n) is 5.79. The Labute approximate surface area is 164 Å². The lowest BCUT2D eigenvalue weighted by Gasteiger charge is -2.05. The number of nitrogens with one attached hydrogen (secondary N) is 2. The average Bonchev–Trinajstić information content (AvgIpc) is 3.17. The van der Waals surface area contributed by atoms with E-state index >= 15 is 0 Å². The van der Waals surface area contributed by atoms with Gasteiger partial charge >= 0.3 is 0 Å². The Bertz CT molecular complexity index is 1000. The van der Waals surface area contributed by atoms with Gasteiger partial charge in [0.25, 0.3) is 5.69 Å². The van der Waals surface area contributed by atoms with Gasteiger partial charge in [-0.05, 0) is 37.3 Å². The number of rotatable bonds is 7. The molecule has 144 valence electrons. The molecule has 3 rings (SSSR count). The number of ether oxygens (including phenoxy) is 1. The van der Waals surface area contributed by atoms with Gasteiger partial charge in [0.2, 0.25) is 11.1 Å². The van der Waals surface area contributed by atoms with E-state index in [-0.39, 0.29) is 17.3 Å². The van der Waals surface area contributed by atoms with E-state index in [2.05, 4.69) is 20.5 Å². The fourth-order valence-electron chi connectivity index (χ4n) is 2.40. The van der Waals surface area contributed by atoms with Crippen LogP contribution in [0.3, 0.4) is 0 Å².